The van der Waals surface area contributed by atoms with E-state index in [0.717, 1.165) is 5.69 Å². The number of benzene rings is 2. The SMILES string of the molecule is CCOC(=O)CNC(=O)c1ccc(NC(=O)C2CC(=O)N(c3ccccc3)C2)cc1. The largest absolute Gasteiger partial charge is 0.465 e. The lowest BCUT2D eigenvalue weighted by molar-refractivity contribution is -0.141. The highest BCUT2D eigenvalue weighted by Gasteiger charge is 2.35. The van der Waals surface area contributed by atoms with Crippen LogP contribution in [0.1, 0.15) is 23.7 Å². The molecular weight excluding hydrogens is 386 g/mol. The number of amides is 3. The molecule has 2 N–H and O–H groups in total. The summed E-state index contributed by atoms with van der Waals surface area (Å²) in [4.78, 5) is 49.8. The molecule has 1 saturated heterocycles. The van der Waals surface area contributed by atoms with Crippen LogP contribution in [0.2, 0.25) is 0 Å². The van der Waals surface area contributed by atoms with Crippen LogP contribution in [-0.4, -0.2) is 43.4 Å². The van der Waals surface area contributed by atoms with Gasteiger partial charge >= 0.3 is 5.97 Å². The standard InChI is InChI=1S/C22H23N3O5/c1-2-30-20(27)13-23-21(28)15-8-10-17(11-9-15)24-22(29)16-12-19(26)25(14-16)18-6-4-3-5-7-18/h3-11,16H,2,12-14H2,1H3,(H,23,28)(H,24,29). The summed E-state index contributed by atoms with van der Waals surface area (Å²) in [7, 11) is 0. The third-order valence-electron chi connectivity index (χ3n) is 4.68. The highest BCUT2D eigenvalue weighted by atomic mass is 16.5. The Hall–Kier alpha value is -3.68. The van der Waals surface area contributed by atoms with Gasteiger partial charge in [-0.1, -0.05) is 18.2 Å². The average Bonchev–Trinajstić information content (AvgIpc) is 3.15. The number of ether oxygens (including phenoxy) is 1. The van der Waals surface area contributed by atoms with Gasteiger partial charge in [0.1, 0.15) is 6.54 Å². The number of para-hydroxylation sites is 1. The molecule has 1 heterocycles. The molecule has 0 spiro atoms. The number of esters is 1. The van der Waals surface area contributed by atoms with Crippen LogP contribution < -0.4 is 15.5 Å². The molecular formula is C22H23N3O5. The Morgan fingerprint density at radius 1 is 1.07 bits per heavy atom. The van der Waals surface area contributed by atoms with E-state index in [0.29, 0.717) is 17.8 Å². The van der Waals surface area contributed by atoms with Crippen LogP contribution in [0.15, 0.2) is 54.6 Å². The van der Waals surface area contributed by atoms with Gasteiger partial charge in [0.2, 0.25) is 11.8 Å². The van der Waals surface area contributed by atoms with Gasteiger partial charge in [-0.25, -0.2) is 0 Å². The number of anilines is 2. The number of carbonyl (C=O) groups excluding carboxylic acids is 4. The maximum absolute atomic E-state index is 12.6. The van der Waals surface area contributed by atoms with Crippen molar-refractivity contribution in [2.24, 2.45) is 5.92 Å². The van der Waals surface area contributed by atoms with Gasteiger partial charge < -0.3 is 20.3 Å². The second-order valence-electron chi connectivity index (χ2n) is 6.80. The molecule has 0 radical (unpaired) electrons. The molecule has 1 unspecified atom stereocenters. The molecule has 1 fully saturated rings. The first-order chi connectivity index (χ1) is 14.5. The Bertz CT molecular complexity index is 928. The summed E-state index contributed by atoms with van der Waals surface area (Å²) in [6.45, 7) is 2.05. The number of rotatable bonds is 7. The molecule has 1 aliphatic rings. The van der Waals surface area contributed by atoms with Crippen LogP contribution in [0.4, 0.5) is 11.4 Å². The molecule has 156 valence electrons. The summed E-state index contributed by atoms with van der Waals surface area (Å²) in [5.74, 6) is -1.72. The van der Waals surface area contributed by atoms with E-state index in [9.17, 15) is 19.2 Å². The molecule has 2 aromatic rings. The van der Waals surface area contributed by atoms with Crippen molar-refractivity contribution in [3.63, 3.8) is 0 Å². The monoisotopic (exact) mass is 409 g/mol. The lowest BCUT2D eigenvalue weighted by Gasteiger charge is -2.16. The minimum absolute atomic E-state index is 0.0880. The summed E-state index contributed by atoms with van der Waals surface area (Å²) in [6.07, 6.45) is 0.148. The predicted molar refractivity (Wildman–Crippen MR) is 111 cm³/mol. The van der Waals surface area contributed by atoms with Gasteiger partial charge in [0.25, 0.3) is 5.91 Å². The van der Waals surface area contributed by atoms with E-state index in [-0.39, 0.29) is 31.4 Å². The Morgan fingerprint density at radius 3 is 2.43 bits per heavy atom. The maximum atomic E-state index is 12.6. The van der Waals surface area contributed by atoms with Crippen LogP contribution in [0, 0.1) is 5.92 Å². The Labute approximate surface area is 174 Å². The Kier molecular flexibility index (Phi) is 6.79. The van der Waals surface area contributed by atoms with Crippen molar-refractivity contribution in [2.45, 2.75) is 13.3 Å². The molecule has 1 atom stereocenters. The highest BCUT2D eigenvalue weighted by Crippen LogP contribution is 2.25. The van der Waals surface area contributed by atoms with Gasteiger partial charge in [-0.3, -0.25) is 19.2 Å². The second-order valence-corrected chi connectivity index (χ2v) is 6.80. The fourth-order valence-electron chi connectivity index (χ4n) is 3.16. The second kappa shape index (κ2) is 9.69. The molecule has 0 aliphatic carbocycles. The first-order valence-electron chi connectivity index (χ1n) is 9.68. The molecule has 30 heavy (non-hydrogen) atoms. The van der Waals surface area contributed by atoms with Gasteiger partial charge in [0.15, 0.2) is 0 Å². The average molecular weight is 409 g/mol. The van der Waals surface area contributed by atoms with Gasteiger partial charge in [0, 0.05) is 29.9 Å². The quantitative estimate of drug-likeness (QED) is 0.681. The van der Waals surface area contributed by atoms with Crippen molar-refractivity contribution in [3.8, 4) is 0 Å². The topological polar surface area (TPSA) is 105 Å². The lowest BCUT2D eigenvalue weighted by Crippen LogP contribution is -2.30. The molecule has 2 aromatic carbocycles. The summed E-state index contributed by atoms with van der Waals surface area (Å²) in [6, 6.07) is 15.5. The molecule has 0 saturated carbocycles. The van der Waals surface area contributed by atoms with Crippen molar-refractivity contribution in [1.29, 1.82) is 0 Å². The molecule has 3 rings (SSSR count). The molecule has 8 heteroatoms. The van der Waals surface area contributed by atoms with E-state index in [1.165, 1.54) is 0 Å². The molecule has 0 aromatic heterocycles. The Balaban J connectivity index is 1.54. The summed E-state index contributed by atoms with van der Waals surface area (Å²) < 4.78 is 4.75. The fourth-order valence-corrected chi connectivity index (χ4v) is 3.16. The van der Waals surface area contributed by atoms with Gasteiger partial charge in [-0.15, -0.1) is 0 Å². The zero-order valence-electron chi connectivity index (χ0n) is 16.6. The third kappa shape index (κ3) is 5.22. The van der Waals surface area contributed by atoms with Crippen LogP contribution in [0.3, 0.4) is 0 Å². The molecule has 0 bridgehead atoms. The number of nitrogens with one attached hydrogen (secondary N) is 2. The molecule has 1 aliphatic heterocycles. The zero-order valence-corrected chi connectivity index (χ0v) is 16.6. The normalized spacial score (nSPS) is 15.6. The van der Waals surface area contributed by atoms with Crippen LogP contribution in [0.5, 0.6) is 0 Å². The Morgan fingerprint density at radius 2 is 1.77 bits per heavy atom. The summed E-state index contributed by atoms with van der Waals surface area (Å²) in [5.41, 5.74) is 1.65. The maximum Gasteiger partial charge on any atom is 0.325 e. The van der Waals surface area contributed by atoms with Gasteiger partial charge in [-0.2, -0.15) is 0 Å². The number of hydrogen-bond donors (Lipinski definition) is 2. The van der Waals surface area contributed by atoms with Crippen LogP contribution in [-0.2, 0) is 19.1 Å². The third-order valence-corrected chi connectivity index (χ3v) is 4.68. The first-order valence-corrected chi connectivity index (χ1v) is 9.68. The van der Waals surface area contributed by atoms with Crippen molar-refractivity contribution < 1.29 is 23.9 Å². The number of nitrogens with zero attached hydrogens (tertiary/aromatic N) is 1. The smallest absolute Gasteiger partial charge is 0.325 e. The summed E-state index contributed by atoms with van der Waals surface area (Å²) in [5, 5.41) is 5.26. The first kappa shape index (κ1) is 21.0. The van der Waals surface area contributed by atoms with Gasteiger partial charge in [-0.05, 0) is 43.3 Å². The van der Waals surface area contributed by atoms with E-state index in [2.05, 4.69) is 10.6 Å². The number of hydrogen-bond acceptors (Lipinski definition) is 5. The van der Waals surface area contributed by atoms with Crippen molar-refractivity contribution >= 4 is 35.1 Å². The minimum Gasteiger partial charge on any atom is -0.465 e. The van der Waals surface area contributed by atoms with E-state index < -0.39 is 17.8 Å². The highest BCUT2D eigenvalue weighted by molar-refractivity contribution is 6.03. The van der Waals surface area contributed by atoms with Gasteiger partial charge in [0.05, 0.1) is 12.5 Å². The molecule has 8 nitrogen and oxygen atoms in total. The predicted octanol–water partition coefficient (Wildman–Crippen LogP) is 1.97. The van der Waals surface area contributed by atoms with E-state index >= 15 is 0 Å². The van der Waals surface area contributed by atoms with E-state index in [1.807, 2.05) is 30.3 Å². The van der Waals surface area contributed by atoms with E-state index in [4.69, 9.17) is 4.74 Å². The minimum atomic E-state index is -0.509. The summed E-state index contributed by atoms with van der Waals surface area (Å²) >= 11 is 0. The van der Waals surface area contributed by atoms with Crippen molar-refractivity contribution in [2.75, 3.05) is 29.9 Å². The fraction of sp³-hybridized carbons (Fsp3) is 0.273. The zero-order chi connectivity index (χ0) is 21.5. The lowest BCUT2D eigenvalue weighted by atomic mass is 10.1. The number of carbonyl (C=O) groups is 4. The molecule has 3 amide bonds. The van der Waals surface area contributed by atoms with Crippen molar-refractivity contribution in [1.82, 2.24) is 5.32 Å². The van der Waals surface area contributed by atoms with Crippen molar-refractivity contribution in [3.05, 3.63) is 60.2 Å². The van der Waals surface area contributed by atoms with Crippen LogP contribution in [0.25, 0.3) is 0 Å². The van der Waals surface area contributed by atoms with E-state index in [1.54, 1.807) is 36.1 Å². The van der Waals surface area contributed by atoms with Crippen LogP contribution >= 0.6 is 0 Å².